The number of esters is 2. The zero-order valence-electron chi connectivity index (χ0n) is 50.4. The summed E-state index contributed by atoms with van der Waals surface area (Å²) >= 11 is 0. The maximum absolute atomic E-state index is 12.4. The number of rotatable bonds is 64. The lowest BCUT2D eigenvalue weighted by Crippen LogP contribution is -2.28. The Balaban J connectivity index is 3.38. The fourth-order valence-corrected chi connectivity index (χ4v) is 10.7. The van der Waals surface area contributed by atoms with Crippen molar-refractivity contribution in [3.63, 3.8) is 0 Å². The summed E-state index contributed by atoms with van der Waals surface area (Å²) in [6.07, 6.45) is 85.0. The first-order chi connectivity index (χ1) is 36.6. The summed E-state index contributed by atoms with van der Waals surface area (Å²) in [7, 11) is 0. The second kappa shape index (κ2) is 65.7. The van der Waals surface area contributed by atoms with Gasteiger partial charge in [0.05, 0.1) is 6.61 Å². The van der Waals surface area contributed by atoms with Crippen molar-refractivity contribution in [1.29, 1.82) is 0 Å². The molecule has 438 valence electrons. The molecule has 1 N–H and O–H groups in total. The number of hydrogen-bond acceptors (Lipinski definition) is 5. The largest absolute Gasteiger partial charge is 0.462 e. The van der Waals surface area contributed by atoms with E-state index in [0.29, 0.717) is 12.8 Å². The highest BCUT2D eigenvalue weighted by Gasteiger charge is 2.16. The lowest BCUT2D eigenvalue weighted by molar-refractivity contribution is -0.161. The highest BCUT2D eigenvalue weighted by molar-refractivity contribution is 5.70. The van der Waals surface area contributed by atoms with Gasteiger partial charge in [0.25, 0.3) is 0 Å². The molecule has 5 heteroatoms. The summed E-state index contributed by atoms with van der Waals surface area (Å²) in [5.41, 5.74) is 0. The number of allylic oxidation sites excluding steroid dienone is 4. The van der Waals surface area contributed by atoms with E-state index in [1.165, 1.54) is 321 Å². The molecule has 0 aromatic rings. The number of carbonyl (C=O) groups is 2. The van der Waals surface area contributed by atoms with Crippen molar-refractivity contribution in [2.24, 2.45) is 0 Å². The van der Waals surface area contributed by atoms with Gasteiger partial charge in [-0.1, -0.05) is 353 Å². The van der Waals surface area contributed by atoms with Gasteiger partial charge in [-0.05, 0) is 44.9 Å². The Hall–Kier alpha value is -1.62. The van der Waals surface area contributed by atoms with Gasteiger partial charge in [0, 0.05) is 12.8 Å². The number of unbranched alkanes of at least 4 members (excludes halogenated alkanes) is 52. The zero-order chi connectivity index (χ0) is 53.4. The summed E-state index contributed by atoms with van der Waals surface area (Å²) in [4.78, 5) is 24.6. The normalized spacial score (nSPS) is 12.2. The Morgan fingerprint density at radius 1 is 0.311 bits per heavy atom. The summed E-state index contributed by atoms with van der Waals surface area (Å²) in [5.74, 6) is -0.565. The third-order valence-corrected chi connectivity index (χ3v) is 15.7. The predicted molar refractivity (Wildman–Crippen MR) is 325 cm³/mol. The number of aliphatic hydroxyl groups is 1. The van der Waals surface area contributed by atoms with Gasteiger partial charge in [-0.3, -0.25) is 9.59 Å². The Kier molecular flexibility index (Phi) is 64.2. The fraction of sp³-hybridized carbons (Fsp3) is 0.913. The topological polar surface area (TPSA) is 72.8 Å². The van der Waals surface area contributed by atoms with E-state index in [0.717, 1.165) is 38.5 Å². The van der Waals surface area contributed by atoms with Crippen LogP contribution in [0, 0.1) is 0 Å². The Bertz CT molecular complexity index is 1130. The zero-order valence-corrected chi connectivity index (χ0v) is 50.4. The predicted octanol–water partition coefficient (Wildman–Crippen LogP) is 23.2. The molecule has 0 bridgehead atoms. The SMILES string of the molecule is CCCCCCC/C=C\C/C=C\CCCCCCCCCCCCCCCCCCCC(=O)OC(CO)COC(=O)CCCCCCCCCCCCCCCCCCCCCCCCCCCCCCCCC. The average molecular weight is 1040 g/mol. The first kappa shape index (κ1) is 72.4. The van der Waals surface area contributed by atoms with Crippen LogP contribution in [0.4, 0.5) is 0 Å². The van der Waals surface area contributed by atoms with Gasteiger partial charge < -0.3 is 14.6 Å². The molecule has 0 fully saturated rings. The van der Waals surface area contributed by atoms with E-state index in [1.54, 1.807) is 0 Å². The summed E-state index contributed by atoms with van der Waals surface area (Å²) < 4.78 is 10.8. The van der Waals surface area contributed by atoms with Crippen molar-refractivity contribution >= 4 is 11.9 Å². The standard InChI is InChI=1S/C69H132O5/c1-3-5-7-9-11-13-15-17-19-21-23-25-27-29-31-33-34-36-37-39-41-43-45-47-49-51-53-55-57-59-61-63-68(71)73-66-67(65-70)74-69(72)64-62-60-58-56-54-52-50-48-46-44-42-40-38-35-32-30-28-26-24-22-20-18-16-14-12-10-8-6-4-2/h16,18,22,24,67,70H,3-15,17,19-21,23,25-66H2,1-2H3/b18-16-,24-22-. The van der Waals surface area contributed by atoms with Gasteiger partial charge in [0.15, 0.2) is 6.10 Å². The second-order valence-corrected chi connectivity index (χ2v) is 23.3. The van der Waals surface area contributed by atoms with Crippen LogP contribution in [0.25, 0.3) is 0 Å². The van der Waals surface area contributed by atoms with Crippen molar-refractivity contribution < 1.29 is 24.2 Å². The van der Waals surface area contributed by atoms with Crippen LogP contribution in [-0.4, -0.2) is 36.4 Å². The molecule has 1 unspecified atom stereocenters. The van der Waals surface area contributed by atoms with E-state index in [-0.39, 0.29) is 25.2 Å². The Morgan fingerprint density at radius 3 is 0.797 bits per heavy atom. The number of hydrogen-bond donors (Lipinski definition) is 1. The molecule has 0 aliphatic rings. The van der Waals surface area contributed by atoms with Crippen molar-refractivity contribution in [3.8, 4) is 0 Å². The molecule has 0 aromatic heterocycles. The highest BCUT2D eigenvalue weighted by Crippen LogP contribution is 2.19. The summed E-state index contributed by atoms with van der Waals surface area (Å²) in [6, 6.07) is 0. The third kappa shape index (κ3) is 62.9. The first-order valence-corrected chi connectivity index (χ1v) is 33.9. The van der Waals surface area contributed by atoms with E-state index < -0.39 is 6.10 Å². The molecule has 5 nitrogen and oxygen atoms in total. The minimum atomic E-state index is -0.769. The van der Waals surface area contributed by atoms with Crippen molar-refractivity contribution in [2.75, 3.05) is 13.2 Å². The van der Waals surface area contributed by atoms with Crippen molar-refractivity contribution in [2.45, 2.75) is 392 Å². The lowest BCUT2D eigenvalue weighted by atomic mass is 10.0. The van der Waals surface area contributed by atoms with Crippen LogP contribution in [0.1, 0.15) is 386 Å². The first-order valence-electron chi connectivity index (χ1n) is 33.9. The number of aliphatic hydroxyl groups excluding tert-OH is 1. The van der Waals surface area contributed by atoms with E-state index >= 15 is 0 Å². The molecular formula is C69H132O5. The average Bonchev–Trinajstić information content (AvgIpc) is 3.40. The number of carbonyl (C=O) groups excluding carboxylic acids is 2. The fourth-order valence-electron chi connectivity index (χ4n) is 10.7. The monoisotopic (exact) mass is 1040 g/mol. The minimum absolute atomic E-state index is 0.0583. The van der Waals surface area contributed by atoms with Gasteiger partial charge >= 0.3 is 11.9 Å². The van der Waals surface area contributed by atoms with E-state index in [1.807, 2.05) is 0 Å². The van der Waals surface area contributed by atoms with Gasteiger partial charge in [0.2, 0.25) is 0 Å². The van der Waals surface area contributed by atoms with E-state index in [9.17, 15) is 14.7 Å². The van der Waals surface area contributed by atoms with E-state index in [2.05, 4.69) is 38.2 Å². The van der Waals surface area contributed by atoms with Crippen LogP contribution in [0.15, 0.2) is 24.3 Å². The quantitative estimate of drug-likeness (QED) is 0.0373. The molecule has 0 aromatic carbocycles. The molecular weight excluding hydrogens is 909 g/mol. The van der Waals surface area contributed by atoms with Crippen molar-refractivity contribution in [1.82, 2.24) is 0 Å². The molecule has 0 saturated carbocycles. The van der Waals surface area contributed by atoms with Crippen molar-refractivity contribution in [3.05, 3.63) is 24.3 Å². The van der Waals surface area contributed by atoms with Crippen LogP contribution in [-0.2, 0) is 19.1 Å². The van der Waals surface area contributed by atoms with Gasteiger partial charge in [0.1, 0.15) is 6.61 Å². The molecule has 0 amide bonds. The second-order valence-electron chi connectivity index (χ2n) is 23.3. The maximum atomic E-state index is 12.4. The van der Waals surface area contributed by atoms with Crippen LogP contribution in [0.2, 0.25) is 0 Å². The molecule has 0 saturated heterocycles. The molecule has 0 spiro atoms. The van der Waals surface area contributed by atoms with Gasteiger partial charge in [-0.2, -0.15) is 0 Å². The summed E-state index contributed by atoms with van der Waals surface area (Å²) in [5, 5.41) is 9.69. The Labute approximate surface area is 464 Å². The van der Waals surface area contributed by atoms with Crippen LogP contribution < -0.4 is 0 Å². The maximum Gasteiger partial charge on any atom is 0.306 e. The van der Waals surface area contributed by atoms with Gasteiger partial charge in [-0.15, -0.1) is 0 Å². The van der Waals surface area contributed by atoms with E-state index in [4.69, 9.17) is 9.47 Å². The lowest BCUT2D eigenvalue weighted by Gasteiger charge is -2.15. The molecule has 0 radical (unpaired) electrons. The van der Waals surface area contributed by atoms with Crippen LogP contribution in [0.5, 0.6) is 0 Å². The molecule has 0 aliphatic carbocycles. The molecule has 74 heavy (non-hydrogen) atoms. The Morgan fingerprint density at radius 2 is 0.541 bits per heavy atom. The minimum Gasteiger partial charge on any atom is -0.462 e. The number of ether oxygens (including phenoxy) is 2. The van der Waals surface area contributed by atoms with Crippen LogP contribution in [0.3, 0.4) is 0 Å². The van der Waals surface area contributed by atoms with Gasteiger partial charge in [-0.25, -0.2) is 0 Å². The smallest absolute Gasteiger partial charge is 0.306 e. The summed E-state index contributed by atoms with van der Waals surface area (Å²) in [6.45, 7) is 4.20. The van der Waals surface area contributed by atoms with Crippen LogP contribution >= 0.6 is 0 Å². The molecule has 0 heterocycles. The molecule has 1 atom stereocenters. The highest BCUT2D eigenvalue weighted by atomic mass is 16.6. The molecule has 0 aliphatic heterocycles. The molecule has 0 rings (SSSR count). The third-order valence-electron chi connectivity index (χ3n) is 15.7.